The minimum atomic E-state index is -1.65. The minimum absolute atomic E-state index is 0.264. The number of rotatable bonds is 30. The van der Waals surface area contributed by atoms with Gasteiger partial charge >= 0.3 is 0 Å². The van der Waals surface area contributed by atoms with Crippen LogP contribution in [0.4, 0.5) is 0 Å². The summed E-state index contributed by atoms with van der Waals surface area (Å²) in [7, 11) is 0. The van der Waals surface area contributed by atoms with Crippen LogP contribution in [0.5, 0.6) is 0 Å². The zero-order valence-corrected chi connectivity index (χ0v) is 29.5. The van der Waals surface area contributed by atoms with Gasteiger partial charge in [0.25, 0.3) is 0 Å². The maximum Gasteiger partial charge on any atom is 0.249 e. The molecule has 0 bridgehead atoms. The molecule has 1 heterocycles. The Morgan fingerprint density at radius 3 is 1.60 bits per heavy atom. The fraction of sp³-hybridized carbons (Fsp3) is 0.972. The van der Waals surface area contributed by atoms with Gasteiger partial charge in [-0.15, -0.1) is 0 Å². The fourth-order valence-electron chi connectivity index (χ4n) is 6.14. The first-order chi connectivity index (χ1) is 22.7. The summed E-state index contributed by atoms with van der Waals surface area (Å²) in [4.78, 5) is 12.9. The molecule has 11 nitrogen and oxygen atoms in total. The van der Waals surface area contributed by atoms with Crippen molar-refractivity contribution in [3.8, 4) is 0 Å². The molecule has 0 aliphatic carbocycles. The summed E-state index contributed by atoms with van der Waals surface area (Å²) < 4.78 is 10.9. The number of amides is 1. The molecule has 0 saturated carbocycles. The summed E-state index contributed by atoms with van der Waals surface area (Å²) in [5.41, 5.74) is 0. The average molecular weight is 678 g/mol. The maximum absolute atomic E-state index is 12.9. The summed E-state index contributed by atoms with van der Waals surface area (Å²) >= 11 is 0. The predicted molar refractivity (Wildman–Crippen MR) is 183 cm³/mol. The van der Waals surface area contributed by atoms with Gasteiger partial charge < -0.3 is 50.5 Å². The predicted octanol–water partition coefficient (Wildman–Crippen LogP) is 3.99. The molecule has 280 valence electrons. The van der Waals surface area contributed by atoms with Crippen LogP contribution in [0.2, 0.25) is 0 Å². The minimum Gasteiger partial charge on any atom is -0.394 e. The number of aliphatic hydroxyl groups is 7. The van der Waals surface area contributed by atoms with Crippen molar-refractivity contribution in [3.63, 3.8) is 0 Å². The lowest BCUT2D eigenvalue weighted by Crippen LogP contribution is -2.60. The molecule has 0 aromatic heterocycles. The Balaban J connectivity index is 2.42. The van der Waals surface area contributed by atoms with Gasteiger partial charge in [0.1, 0.15) is 36.6 Å². The van der Waals surface area contributed by atoms with Crippen molar-refractivity contribution in [1.82, 2.24) is 5.32 Å². The lowest BCUT2D eigenvalue weighted by Gasteiger charge is -2.40. The van der Waals surface area contributed by atoms with Crippen molar-refractivity contribution in [2.24, 2.45) is 0 Å². The molecule has 1 aliphatic rings. The Kier molecular flexibility index (Phi) is 26.2. The molecule has 9 atom stereocenters. The molecular weight excluding hydrogens is 606 g/mol. The molecule has 11 heteroatoms. The van der Waals surface area contributed by atoms with E-state index < -0.39 is 74.2 Å². The normalized spacial score (nSPS) is 24.1. The van der Waals surface area contributed by atoms with Crippen LogP contribution >= 0.6 is 0 Å². The summed E-state index contributed by atoms with van der Waals surface area (Å²) in [5, 5.41) is 74.5. The number of carbonyl (C=O) groups is 1. The molecule has 1 aliphatic heterocycles. The lowest BCUT2D eigenvalue weighted by atomic mass is 9.98. The second-order valence-corrected chi connectivity index (χ2v) is 13.7. The van der Waals surface area contributed by atoms with Crippen molar-refractivity contribution in [2.75, 3.05) is 13.2 Å². The van der Waals surface area contributed by atoms with Crippen molar-refractivity contribution in [3.05, 3.63) is 0 Å². The van der Waals surface area contributed by atoms with Gasteiger partial charge in [0.15, 0.2) is 6.29 Å². The van der Waals surface area contributed by atoms with Crippen LogP contribution in [0.15, 0.2) is 0 Å². The van der Waals surface area contributed by atoms with E-state index in [1.54, 1.807) is 0 Å². The maximum atomic E-state index is 12.9. The standard InChI is InChI=1S/C36H71NO10/c1-3-5-7-9-10-11-12-13-14-15-16-17-18-19-20-22-24-29(40)35(45)37-27(31(41)28(39)23-21-8-6-4-2)26-46-36-34(44)33(43)32(42)30(25-38)47-36/h27-34,36,38-44H,3-26H2,1-2H3,(H,37,45). The van der Waals surface area contributed by atoms with E-state index in [4.69, 9.17) is 9.47 Å². The molecule has 1 amide bonds. The van der Waals surface area contributed by atoms with E-state index in [0.717, 1.165) is 38.5 Å². The Labute approximate surface area is 284 Å². The quantitative estimate of drug-likeness (QED) is 0.0516. The first kappa shape index (κ1) is 44.1. The zero-order valence-electron chi connectivity index (χ0n) is 29.5. The highest BCUT2D eigenvalue weighted by molar-refractivity contribution is 5.80. The van der Waals surface area contributed by atoms with Crippen LogP contribution in [-0.2, 0) is 14.3 Å². The van der Waals surface area contributed by atoms with Crippen LogP contribution in [0.1, 0.15) is 155 Å². The molecule has 47 heavy (non-hydrogen) atoms. The van der Waals surface area contributed by atoms with Gasteiger partial charge in [-0.25, -0.2) is 0 Å². The third kappa shape index (κ3) is 19.2. The second-order valence-electron chi connectivity index (χ2n) is 13.7. The van der Waals surface area contributed by atoms with Gasteiger partial charge in [-0.05, 0) is 12.8 Å². The third-order valence-electron chi connectivity index (χ3n) is 9.41. The van der Waals surface area contributed by atoms with Gasteiger partial charge in [0.2, 0.25) is 5.91 Å². The van der Waals surface area contributed by atoms with Crippen molar-refractivity contribution in [1.29, 1.82) is 0 Å². The Hall–Kier alpha value is -0.890. The lowest BCUT2D eigenvalue weighted by molar-refractivity contribution is -0.303. The van der Waals surface area contributed by atoms with E-state index in [-0.39, 0.29) is 6.42 Å². The number of nitrogens with one attached hydrogen (secondary N) is 1. The smallest absolute Gasteiger partial charge is 0.249 e. The van der Waals surface area contributed by atoms with Crippen LogP contribution < -0.4 is 5.32 Å². The van der Waals surface area contributed by atoms with Gasteiger partial charge in [-0.1, -0.05) is 142 Å². The average Bonchev–Trinajstić information content (AvgIpc) is 3.07. The first-order valence-corrected chi connectivity index (χ1v) is 18.9. The highest BCUT2D eigenvalue weighted by Gasteiger charge is 2.44. The molecule has 0 radical (unpaired) electrons. The zero-order chi connectivity index (χ0) is 34.9. The van der Waals surface area contributed by atoms with Crippen LogP contribution in [-0.4, -0.2) is 110 Å². The largest absolute Gasteiger partial charge is 0.394 e. The van der Waals surface area contributed by atoms with E-state index in [1.807, 2.05) is 0 Å². The molecule has 0 aromatic carbocycles. The van der Waals surface area contributed by atoms with E-state index in [2.05, 4.69) is 19.2 Å². The van der Waals surface area contributed by atoms with E-state index >= 15 is 0 Å². The molecular formula is C36H71NO10. The van der Waals surface area contributed by atoms with Crippen LogP contribution in [0.3, 0.4) is 0 Å². The summed E-state index contributed by atoms with van der Waals surface area (Å²) in [5.74, 6) is -0.703. The molecule has 8 N–H and O–H groups in total. The topological polar surface area (TPSA) is 189 Å². The highest BCUT2D eigenvalue weighted by atomic mass is 16.7. The number of ether oxygens (including phenoxy) is 2. The van der Waals surface area contributed by atoms with Crippen LogP contribution in [0, 0.1) is 0 Å². The van der Waals surface area contributed by atoms with Gasteiger partial charge in [-0.3, -0.25) is 4.79 Å². The van der Waals surface area contributed by atoms with Gasteiger partial charge in [0, 0.05) is 0 Å². The highest BCUT2D eigenvalue weighted by Crippen LogP contribution is 2.23. The molecule has 0 spiro atoms. The van der Waals surface area contributed by atoms with Crippen LogP contribution in [0.25, 0.3) is 0 Å². The number of hydrogen-bond donors (Lipinski definition) is 8. The monoisotopic (exact) mass is 678 g/mol. The molecule has 1 fully saturated rings. The molecule has 0 aromatic rings. The molecule has 1 saturated heterocycles. The summed E-state index contributed by atoms with van der Waals surface area (Å²) in [6.45, 7) is 3.27. The summed E-state index contributed by atoms with van der Waals surface area (Å²) in [6.07, 6.45) is 12.4. The van der Waals surface area contributed by atoms with Crippen molar-refractivity contribution < 1.29 is 50.0 Å². The van der Waals surface area contributed by atoms with E-state index in [1.165, 1.54) is 77.0 Å². The van der Waals surface area contributed by atoms with Gasteiger partial charge in [0.05, 0.1) is 25.4 Å². The number of unbranched alkanes of at least 4 members (excludes halogenated alkanes) is 18. The van der Waals surface area contributed by atoms with Crippen molar-refractivity contribution >= 4 is 5.91 Å². The molecule has 1 rings (SSSR count). The first-order valence-electron chi connectivity index (χ1n) is 18.9. The molecule has 9 unspecified atom stereocenters. The SMILES string of the molecule is CCCCCCCCCCCCCCCCCCC(O)C(=O)NC(COC1OC(CO)C(O)C(O)C1O)C(O)C(O)CCCCCC. The second kappa shape index (κ2) is 27.9. The Morgan fingerprint density at radius 1 is 0.660 bits per heavy atom. The van der Waals surface area contributed by atoms with E-state index in [9.17, 15) is 40.5 Å². The number of hydrogen-bond acceptors (Lipinski definition) is 10. The number of aliphatic hydroxyl groups excluding tert-OH is 7. The van der Waals surface area contributed by atoms with Crippen molar-refractivity contribution in [2.45, 2.75) is 210 Å². The Morgan fingerprint density at radius 2 is 1.11 bits per heavy atom. The number of carbonyl (C=O) groups excluding carboxylic acids is 1. The third-order valence-corrected chi connectivity index (χ3v) is 9.41. The van der Waals surface area contributed by atoms with E-state index in [0.29, 0.717) is 19.3 Å². The summed E-state index contributed by atoms with van der Waals surface area (Å²) in [6, 6.07) is -1.16. The Bertz CT molecular complexity index is 745. The fourth-order valence-corrected chi connectivity index (χ4v) is 6.14. The van der Waals surface area contributed by atoms with Gasteiger partial charge in [-0.2, -0.15) is 0 Å².